The number of halogens is 1. The molecule has 27 heavy (non-hydrogen) atoms. The lowest BCUT2D eigenvalue weighted by atomic mass is 10.1. The van der Waals surface area contributed by atoms with E-state index < -0.39 is 0 Å². The zero-order valence-corrected chi connectivity index (χ0v) is 15.9. The molecular weight excluding hydrogens is 364 g/mol. The maximum absolute atomic E-state index is 12.7. The number of likely N-dealkylation sites (tertiary alicyclic amines) is 1. The van der Waals surface area contributed by atoms with Crippen LogP contribution in [0.4, 0.5) is 0 Å². The minimum atomic E-state index is -0.117. The molecule has 1 aromatic carbocycles. The van der Waals surface area contributed by atoms with Gasteiger partial charge in [0.05, 0.1) is 12.4 Å². The Bertz CT molecular complexity index is 949. The molecule has 1 saturated heterocycles. The van der Waals surface area contributed by atoms with E-state index in [0.717, 1.165) is 29.7 Å². The van der Waals surface area contributed by atoms with Crippen LogP contribution in [0.1, 0.15) is 41.7 Å². The quantitative estimate of drug-likeness (QED) is 0.671. The first-order valence-corrected chi connectivity index (χ1v) is 9.44. The van der Waals surface area contributed by atoms with Crippen molar-refractivity contribution in [2.45, 2.75) is 38.8 Å². The highest BCUT2D eigenvalue weighted by molar-refractivity contribution is 6.31. The minimum absolute atomic E-state index is 0.0338. The molecule has 3 aromatic rings. The van der Waals surface area contributed by atoms with Gasteiger partial charge in [-0.15, -0.1) is 0 Å². The van der Waals surface area contributed by atoms with Crippen molar-refractivity contribution < 1.29 is 9.21 Å². The third-order valence-electron chi connectivity index (χ3n) is 4.81. The first-order valence-electron chi connectivity index (χ1n) is 9.06. The zero-order chi connectivity index (χ0) is 18.8. The Morgan fingerprint density at radius 3 is 2.96 bits per heavy atom. The van der Waals surface area contributed by atoms with Gasteiger partial charge in [-0.2, -0.15) is 5.10 Å². The maximum Gasteiger partial charge on any atom is 0.244 e. The number of carbonyl (C=O) groups excluding carboxylic acids is 1. The fourth-order valence-electron chi connectivity index (χ4n) is 3.49. The molecular formula is C20H21ClN4O2. The molecule has 1 aliphatic rings. The van der Waals surface area contributed by atoms with Crippen molar-refractivity contribution in [3.63, 3.8) is 0 Å². The Hall–Kier alpha value is -2.60. The maximum atomic E-state index is 12.7. The molecule has 1 atom stereocenters. The summed E-state index contributed by atoms with van der Waals surface area (Å²) in [7, 11) is 0. The molecule has 6 nitrogen and oxygen atoms in total. The van der Waals surface area contributed by atoms with Crippen LogP contribution in [0.25, 0.3) is 0 Å². The fourth-order valence-corrected chi connectivity index (χ4v) is 3.70. The largest absolute Gasteiger partial charge is 0.443 e. The van der Waals surface area contributed by atoms with Crippen LogP contribution in [-0.2, 0) is 17.8 Å². The second kappa shape index (κ2) is 7.56. The van der Waals surface area contributed by atoms with Gasteiger partial charge in [-0.25, -0.2) is 4.98 Å². The van der Waals surface area contributed by atoms with E-state index in [1.54, 1.807) is 17.1 Å². The molecule has 0 spiro atoms. The standard InChI is InChI=1S/C20H21ClN4O2/c1-14-10-23-24(12-14)13-19(26)25-8-4-7-18(25)20-22-11-16(27-20)9-15-5-2-3-6-17(15)21/h2-3,5-6,10-12,18H,4,7-9,13H2,1H3. The van der Waals surface area contributed by atoms with E-state index in [4.69, 9.17) is 16.0 Å². The molecule has 7 heteroatoms. The van der Waals surface area contributed by atoms with Crippen molar-refractivity contribution in [1.82, 2.24) is 19.7 Å². The summed E-state index contributed by atoms with van der Waals surface area (Å²) in [5.41, 5.74) is 2.04. The number of oxazole rings is 1. The van der Waals surface area contributed by atoms with Crippen LogP contribution in [0.15, 0.2) is 47.3 Å². The summed E-state index contributed by atoms with van der Waals surface area (Å²) < 4.78 is 7.65. The van der Waals surface area contributed by atoms with Crippen molar-refractivity contribution in [1.29, 1.82) is 0 Å². The zero-order valence-electron chi connectivity index (χ0n) is 15.1. The lowest BCUT2D eigenvalue weighted by Gasteiger charge is -2.22. The summed E-state index contributed by atoms with van der Waals surface area (Å²) in [4.78, 5) is 19.0. The summed E-state index contributed by atoms with van der Waals surface area (Å²) in [5.74, 6) is 1.38. The van der Waals surface area contributed by atoms with E-state index in [2.05, 4.69) is 10.1 Å². The molecule has 0 N–H and O–H groups in total. The molecule has 1 unspecified atom stereocenters. The van der Waals surface area contributed by atoms with Gasteiger partial charge in [-0.1, -0.05) is 29.8 Å². The van der Waals surface area contributed by atoms with Gasteiger partial charge in [0, 0.05) is 24.2 Å². The number of rotatable bonds is 5. The molecule has 0 radical (unpaired) electrons. The summed E-state index contributed by atoms with van der Waals surface area (Å²) in [6.45, 7) is 2.91. The Morgan fingerprint density at radius 2 is 2.19 bits per heavy atom. The second-order valence-corrected chi connectivity index (χ2v) is 7.30. The molecule has 3 heterocycles. The van der Waals surface area contributed by atoms with Crippen LogP contribution in [0, 0.1) is 6.92 Å². The van der Waals surface area contributed by atoms with E-state index in [9.17, 15) is 4.79 Å². The highest BCUT2D eigenvalue weighted by Gasteiger charge is 2.33. The first kappa shape index (κ1) is 17.8. The number of carbonyl (C=O) groups is 1. The molecule has 2 aromatic heterocycles. The van der Waals surface area contributed by atoms with Gasteiger partial charge in [-0.05, 0) is 37.0 Å². The number of hydrogen-bond acceptors (Lipinski definition) is 4. The van der Waals surface area contributed by atoms with Crippen molar-refractivity contribution in [3.8, 4) is 0 Å². The molecule has 1 fully saturated rings. The van der Waals surface area contributed by atoms with Crippen molar-refractivity contribution in [2.24, 2.45) is 0 Å². The van der Waals surface area contributed by atoms with Crippen molar-refractivity contribution >= 4 is 17.5 Å². The number of hydrogen-bond donors (Lipinski definition) is 0. The number of aryl methyl sites for hydroxylation is 1. The highest BCUT2D eigenvalue weighted by atomic mass is 35.5. The van der Waals surface area contributed by atoms with Crippen LogP contribution in [0.5, 0.6) is 0 Å². The normalized spacial score (nSPS) is 16.8. The van der Waals surface area contributed by atoms with E-state index in [0.29, 0.717) is 23.9 Å². The second-order valence-electron chi connectivity index (χ2n) is 6.89. The van der Waals surface area contributed by atoms with Gasteiger partial charge in [0.1, 0.15) is 18.3 Å². The SMILES string of the molecule is Cc1cnn(CC(=O)N2CCCC2c2ncc(Cc3ccccc3Cl)o2)c1. The smallest absolute Gasteiger partial charge is 0.244 e. The molecule has 0 bridgehead atoms. The molecule has 1 amide bonds. The Kier molecular flexibility index (Phi) is 4.99. The average Bonchev–Trinajstić information content (AvgIpc) is 3.37. The predicted molar refractivity (Wildman–Crippen MR) is 101 cm³/mol. The summed E-state index contributed by atoms with van der Waals surface area (Å²) in [5, 5.41) is 4.91. The van der Waals surface area contributed by atoms with Crippen LogP contribution in [0.2, 0.25) is 5.02 Å². The molecule has 0 saturated carbocycles. The summed E-state index contributed by atoms with van der Waals surface area (Å²) >= 11 is 6.23. The molecule has 1 aliphatic heterocycles. The highest BCUT2D eigenvalue weighted by Crippen LogP contribution is 2.32. The van der Waals surface area contributed by atoms with E-state index in [-0.39, 0.29) is 18.5 Å². The number of aromatic nitrogens is 3. The predicted octanol–water partition coefficient (Wildman–Crippen LogP) is 3.79. The van der Waals surface area contributed by atoms with E-state index >= 15 is 0 Å². The number of benzene rings is 1. The van der Waals surface area contributed by atoms with E-state index in [1.165, 1.54) is 0 Å². The monoisotopic (exact) mass is 384 g/mol. The molecule has 140 valence electrons. The third-order valence-corrected chi connectivity index (χ3v) is 5.18. The van der Waals surface area contributed by atoms with Gasteiger partial charge in [0.2, 0.25) is 11.8 Å². The summed E-state index contributed by atoms with van der Waals surface area (Å²) in [6, 6.07) is 7.58. The van der Waals surface area contributed by atoms with Crippen LogP contribution in [-0.4, -0.2) is 32.1 Å². The Labute approximate surface area is 162 Å². The lowest BCUT2D eigenvalue weighted by molar-refractivity contribution is -0.133. The summed E-state index contributed by atoms with van der Waals surface area (Å²) in [6.07, 6.45) is 7.74. The third kappa shape index (κ3) is 3.90. The number of amides is 1. The van der Waals surface area contributed by atoms with Crippen LogP contribution >= 0.6 is 11.6 Å². The average molecular weight is 385 g/mol. The first-order chi connectivity index (χ1) is 13.1. The topological polar surface area (TPSA) is 64.2 Å². The van der Waals surface area contributed by atoms with Gasteiger partial charge in [0.25, 0.3) is 0 Å². The molecule has 0 aliphatic carbocycles. The van der Waals surface area contributed by atoms with Crippen LogP contribution < -0.4 is 0 Å². The Balaban J connectivity index is 1.46. The Morgan fingerprint density at radius 1 is 1.33 bits per heavy atom. The van der Waals surface area contributed by atoms with Crippen molar-refractivity contribution in [3.05, 3.63) is 70.7 Å². The van der Waals surface area contributed by atoms with Gasteiger partial charge < -0.3 is 9.32 Å². The lowest BCUT2D eigenvalue weighted by Crippen LogP contribution is -2.33. The van der Waals surface area contributed by atoms with E-state index in [1.807, 2.05) is 42.3 Å². The van der Waals surface area contributed by atoms with Gasteiger partial charge in [0.15, 0.2) is 0 Å². The number of nitrogens with zero attached hydrogens (tertiary/aromatic N) is 4. The minimum Gasteiger partial charge on any atom is -0.443 e. The van der Waals surface area contributed by atoms with Crippen LogP contribution in [0.3, 0.4) is 0 Å². The fraction of sp³-hybridized carbons (Fsp3) is 0.350. The van der Waals surface area contributed by atoms with Crippen molar-refractivity contribution in [2.75, 3.05) is 6.54 Å². The van der Waals surface area contributed by atoms with Gasteiger partial charge >= 0.3 is 0 Å². The molecule has 4 rings (SSSR count). The van der Waals surface area contributed by atoms with Gasteiger partial charge in [-0.3, -0.25) is 9.48 Å².